The van der Waals surface area contributed by atoms with Crippen LogP contribution in [0.3, 0.4) is 0 Å². The minimum atomic E-state index is -0.671. The Labute approximate surface area is 240 Å². The number of hydrogen-bond donors (Lipinski definition) is 3. The fraction of sp³-hybridized carbons (Fsp3) is 0.438. The van der Waals surface area contributed by atoms with Gasteiger partial charge in [-0.3, -0.25) is 9.69 Å². The van der Waals surface area contributed by atoms with Crippen LogP contribution in [0.25, 0.3) is 17.0 Å². The second kappa shape index (κ2) is 13.3. The number of rotatable bonds is 8. The Bertz CT molecular complexity index is 1350. The Morgan fingerprint density at radius 2 is 1.71 bits per heavy atom. The summed E-state index contributed by atoms with van der Waals surface area (Å²) >= 11 is 0. The van der Waals surface area contributed by atoms with E-state index in [0.717, 1.165) is 44.8 Å². The largest absolute Gasteiger partial charge is 0.361 e. The van der Waals surface area contributed by atoms with Gasteiger partial charge in [-0.1, -0.05) is 18.2 Å². The first-order chi connectivity index (χ1) is 19.9. The zero-order chi connectivity index (χ0) is 28.8. The number of carbonyl (C=O) groups excluding carboxylic acids is 2. The molecule has 2 aromatic carbocycles. The minimum Gasteiger partial charge on any atom is -0.361 e. The fourth-order valence-corrected chi connectivity index (χ4v) is 6.44. The molecule has 3 aromatic rings. The highest BCUT2D eigenvalue weighted by Crippen LogP contribution is 2.35. The first kappa shape index (κ1) is 28.8. The van der Waals surface area contributed by atoms with Crippen LogP contribution in [0.1, 0.15) is 49.7 Å². The quantitative estimate of drug-likeness (QED) is 0.327. The van der Waals surface area contributed by atoms with Gasteiger partial charge in [-0.2, -0.15) is 0 Å². The number of aromatic amines is 1. The molecular weight excluding hydrogens is 524 g/mol. The van der Waals surface area contributed by atoms with Gasteiger partial charge in [0.25, 0.3) is 0 Å². The molecule has 2 aliphatic heterocycles. The maximum Gasteiger partial charge on any atom is 0.314 e. The van der Waals surface area contributed by atoms with Crippen LogP contribution in [-0.2, 0) is 4.79 Å². The number of para-hydroxylation sites is 1. The van der Waals surface area contributed by atoms with Crippen LogP contribution in [-0.4, -0.2) is 72.0 Å². The Balaban J connectivity index is 1.20. The summed E-state index contributed by atoms with van der Waals surface area (Å²) in [5, 5.41) is 7.20. The van der Waals surface area contributed by atoms with Crippen LogP contribution in [0.4, 0.5) is 13.6 Å². The highest BCUT2D eigenvalue weighted by Gasteiger charge is 2.34. The number of aromatic nitrogens is 1. The lowest BCUT2D eigenvalue weighted by atomic mass is 9.84. The number of likely N-dealkylation sites (tertiary alicyclic amines) is 2. The molecule has 5 rings (SSSR count). The van der Waals surface area contributed by atoms with Gasteiger partial charge in [0.15, 0.2) is 0 Å². The summed E-state index contributed by atoms with van der Waals surface area (Å²) in [6.45, 7) is 6.16. The van der Waals surface area contributed by atoms with Crippen molar-refractivity contribution in [1.29, 1.82) is 0 Å². The van der Waals surface area contributed by atoms with Crippen LogP contribution in [0, 0.1) is 17.6 Å². The van der Waals surface area contributed by atoms with Crippen molar-refractivity contribution in [3.05, 3.63) is 77.5 Å². The van der Waals surface area contributed by atoms with Crippen LogP contribution < -0.4 is 10.6 Å². The molecule has 2 fully saturated rings. The maximum atomic E-state index is 13.5. The maximum absolute atomic E-state index is 13.5. The molecule has 218 valence electrons. The summed E-state index contributed by atoms with van der Waals surface area (Å²) in [6, 6.07) is 11.7. The SMILES string of the molecule is CCNC(=O)NCC(C1CCN(C(=O)C=Cc2cc(F)cc(F)c2)CC1)N1CCC(c2c[nH]c3ccccc23)CC1. The number of nitrogens with one attached hydrogen (secondary N) is 3. The zero-order valence-electron chi connectivity index (χ0n) is 23.5. The molecule has 1 unspecified atom stereocenters. The summed E-state index contributed by atoms with van der Waals surface area (Å²) < 4.78 is 27.0. The fourth-order valence-electron chi connectivity index (χ4n) is 6.44. The lowest BCUT2D eigenvalue weighted by Gasteiger charge is -2.44. The number of hydrogen-bond acceptors (Lipinski definition) is 3. The molecule has 0 spiro atoms. The second-order valence-corrected chi connectivity index (χ2v) is 11.1. The molecule has 3 heterocycles. The summed E-state index contributed by atoms with van der Waals surface area (Å²) in [6.07, 6.45) is 8.78. The van der Waals surface area contributed by atoms with Crippen molar-refractivity contribution in [3.8, 4) is 0 Å². The molecule has 3 N–H and O–H groups in total. The van der Waals surface area contributed by atoms with Crippen molar-refractivity contribution < 1.29 is 18.4 Å². The van der Waals surface area contributed by atoms with Gasteiger partial charge < -0.3 is 20.5 Å². The van der Waals surface area contributed by atoms with Crippen molar-refractivity contribution in [2.75, 3.05) is 39.3 Å². The lowest BCUT2D eigenvalue weighted by Crippen LogP contribution is -2.54. The predicted molar refractivity (Wildman–Crippen MR) is 157 cm³/mol. The van der Waals surface area contributed by atoms with Crippen LogP contribution >= 0.6 is 0 Å². The third-order valence-electron chi connectivity index (χ3n) is 8.57. The molecule has 0 saturated carbocycles. The molecule has 0 radical (unpaired) electrons. The number of fused-ring (bicyclic) bond motifs is 1. The monoisotopic (exact) mass is 563 g/mol. The predicted octanol–water partition coefficient (Wildman–Crippen LogP) is 5.27. The highest BCUT2D eigenvalue weighted by molar-refractivity contribution is 5.91. The average molecular weight is 564 g/mol. The van der Waals surface area contributed by atoms with Crippen LogP contribution in [0.2, 0.25) is 0 Å². The van der Waals surface area contributed by atoms with Gasteiger partial charge in [0.2, 0.25) is 5.91 Å². The van der Waals surface area contributed by atoms with E-state index in [2.05, 4.69) is 51.0 Å². The number of nitrogens with zero attached hydrogens (tertiary/aromatic N) is 2. The van der Waals surface area contributed by atoms with Gasteiger partial charge >= 0.3 is 6.03 Å². The smallest absolute Gasteiger partial charge is 0.314 e. The molecular formula is C32H39F2N5O2. The van der Waals surface area contributed by atoms with E-state index < -0.39 is 11.6 Å². The van der Waals surface area contributed by atoms with Crippen molar-refractivity contribution in [2.45, 2.75) is 44.6 Å². The number of piperidine rings is 2. The lowest BCUT2D eigenvalue weighted by molar-refractivity contribution is -0.127. The number of amides is 3. The van der Waals surface area contributed by atoms with E-state index in [4.69, 9.17) is 0 Å². The van der Waals surface area contributed by atoms with Gasteiger partial charge in [0, 0.05) is 61.5 Å². The molecule has 3 amide bonds. The van der Waals surface area contributed by atoms with Crippen molar-refractivity contribution in [1.82, 2.24) is 25.4 Å². The van der Waals surface area contributed by atoms with Gasteiger partial charge in [-0.25, -0.2) is 13.6 Å². The number of carbonyl (C=O) groups is 2. The van der Waals surface area contributed by atoms with Gasteiger partial charge in [0.1, 0.15) is 11.6 Å². The number of urea groups is 1. The molecule has 2 saturated heterocycles. The highest BCUT2D eigenvalue weighted by atomic mass is 19.1. The molecule has 0 aliphatic carbocycles. The molecule has 1 aromatic heterocycles. The van der Waals surface area contributed by atoms with E-state index in [1.807, 2.05) is 6.92 Å². The molecule has 9 heteroatoms. The summed E-state index contributed by atoms with van der Waals surface area (Å²) in [5.41, 5.74) is 2.88. The van der Waals surface area contributed by atoms with Crippen molar-refractivity contribution in [3.63, 3.8) is 0 Å². The third kappa shape index (κ3) is 7.14. The van der Waals surface area contributed by atoms with Crippen molar-refractivity contribution in [2.24, 2.45) is 5.92 Å². The van der Waals surface area contributed by atoms with Gasteiger partial charge in [-0.05, 0) is 92.9 Å². The number of benzene rings is 2. The standard InChI is InChI=1S/C32H39F2N5O2/c1-2-35-32(41)37-21-30(38-13-9-23(10-14-38)28-20-36-29-6-4-3-5-27(28)29)24-11-15-39(16-12-24)31(40)8-7-22-17-25(33)19-26(34)18-22/h3-8,17-20,23-24,30,36H,2,9-16,21H2,1H3,(H2,35,37,41). The Kier molecular flexibility index (Phi) is 9.34. The van der Waals surface area contributed by atoms with E-state index in [1.165, 1.54) is 40.8 Å². The second-order valence-electron chi connectivity index (χ2n) is 11.1. The Morgan fingerprint density at radius 3 is 2.41 bits per heavy atom. The first-order valence-corrected chi connectivity index (χ1v) is 14.7. The molecule has 41 heavy (non-hydrogen) atoms. The number of halogens is 2. The molecule has 1 atom stereocenters. The van der Waals surface area contributed by atoms with Gasteiger partial charge in [0.05, 0.1) is 0 Å². The normalized spacial score (nSPS) is 18.2. The first-order valence-electron chi connectivity index (χ1n) is 14.7. The minimum absolute atomic E-state index is 0.155. The summed E-state index contributed by atoms with van der Waals surface area (Å²) in [5.74, 6) is -0.667. The average Bonchev–Trinajstić information content (AvgIpc) is 3.41. The van der Waals surface area contributed by atoms with Crippen LogP contribution in [0.5, 0.6) is 0 Å². The van der Waals surface area contributed by atoms with Crippen molar-refractivity contribution >= 4 is 28.9 Å². The number of H-pyrrole nitrogens is 1. The Morgan fingerprint density at radius 1 is 1.00 bits per heavy atom. The Hall–Kier alpha value is -3.72. The van der Waals surface area contributed by atoms with E-state index >= 15 is 0 Å². The third-order valence-corrected chi connectivity index (χ3v) is 8.57. The summed E-state index contributed by atoms with van der Waals surface area (Å²) in [4.78, 5) is 32.8. The van der Waals surface area contributed by atoms with E-state index in [-0.39, 0.29) is 18.0 Å². The van der Waals surface area contributed by atoms with Crippen LogP contribution in [0.15, 0.2) is 54.7 Å². The van der Waals surface area contributed by atoms with Gasteiger partial charge in [-0.15, -0.1) is 0 Å². The molecule has 7 nitrogen and oxygen atoms in total. The molecule has 0 bridgehead atoms. The van der Waals surface area contributed by atoms with E-state index in [9.17, 15) is 18.4 Å². The van der Waals surface area contributed by atoms with E-state index in [1.54, 1.807) is 4.90 Å². The molecule has 2 aliphatic rings. The zero-order valence-corrected chi connectivity index (χ0v) is 23.5. The topological polar surface area (TPSA) is 80.5 Å². The van der Waals surface area contributed by atoms with E-state index in [0.29, 0.717) is 43.6 Å². The summed E-state index contributed by atoms with van der Waals surface area (Å²) in [7, 11) is 0.